The first-order valence-electron chi connectivity index (χ1n) is 23.6. The average molecular weight is 887 g/mol. The fourth-order valence-electron chi connectivity index (χ4n) is 15.8. The van der Waals surface area contributed by atoms with Crippen molar-refractivity contribution >= 4 is 22.5 Å². The van der Waals surface area contributed by atoms with Crippen LogP contribution in [0.25, 0.3) is 10.8 Å². The summed E-state index contributed by atoms with van der Waals surface area (Å²) in [5.74, 6) is -3.14. The molecule has 4 saturated carbocycles. The van der Waals surface area contributed by atoms with Crippen LogP contribution in [0.3, 0.4) is 0 Å². The first kappa shape index (κ1) is 43.0. The number of aliphatic hydroxyl groups is 4. The molecule has 15 heteroatoms. The van der Waals surface area contributed by atoms with Crippen LogP contribution in [-0.4, -0.2) is 121 Å². The first-order valence-corrected chi connectivity index (χ1v) is 23.6. The molecular weight excluding hydrogens is 825 g/mol. The van der Waals surface area contributed by atoms with Gasteiger partial charge in [0.05, 0.1) is 35.3 Å². The molecule has 4 heterocycles. The maximum atomic E-state index is 13.0. The molecule has 4 aliphatic heterocycles. The Morgan fingerprint density at radius 3 is 2.55 bits per heavy atom. The molecule has 7 fully saturated rings. The Hall–Kier alpha value is -3.64. The van der Waals surface area contributed by atoms with Crippen LogP contribution in [0.15, 0.2) is 34.9 Å². The number of aromatic carboxylic acids is 1. The molecule has 2 bridgehead atoms. The number of hydrogen-bond donors (Lipinski definition) is 9. The normalized spacial score (nSPS) is 40.4. The second kappa shape index (κ2) is 14.9. The molecule has 64 heavy (non-hydrogen) atoms. The van der Waals surface area contributed by atoms with Crippen molar-refractivity contribution in [3.63, 3.8) is 0 Å². The molecule has 2 aromatic carbocycles. The summed E-state index contributed by atoms with van der Waals surface area (Å²) in [5.41, 5.74) is 7.74. The van der Waals surface area contributed by atoms with E-state index in [0.717, 1.165) is 69.9 Å². The molecule has 2 aromatic rings. The molecule has 9 aliphatic rings. The minimum atomic E-state index is -1.82. The monoisotopic (exact) mass is 886 g/mol. The highest BCUT2D eigenvalue weighted by Crippen LogP contribution is 2.74. The smallest absolute Gasteiger partial charge is 0.335 e. The second-order valence-electron chi connectivity index (χ2n) is 21.0. The van der Waals surface area contributed by atoms with Crippen LogP contribution in [0.2, 0.25) is 0 Å². The number of carbonyl (C=O) groups is 2. The van der Waals surface area contributed by atoms with Crippen molar-refractivity contribution in [2.24, 2.45) is 28.6 Å². The van der Waals surface area contributed by atoms with E-state index in [1.807, 2.05) is 0 Å². The van der Waals surface area contributed by atoms with E-state index < -0.39 is 71.2 Å². The van der Waals surface area contributed by atoms with Crippen molar-refractivity contribution < 1.29 is 64.3 Å². The molecule has 11 rings (SSSR count). The van der Waals surface area contributed by atoms with Gasteiger partial charge in [0.25, 0.3) is 0 Å². The second-order valence-corrected chi connectivity index (χ2v) is 21.0. The average Bonchev–Trinajstić information content (AvgIpc) is 3.88. The van der Waals surface area contributed by atoms with E-state index in [2.05, 4.69) is 16.9 Å². The van der Waals surface area contributed by atoms with Gasteiger partial charge in [-0.1, -0.05) is 31.8 Å². The van der Waals surface area contributed by atoms with Gasteiger partial charge in [-0.3, -0.25) is 15.6 Å². The van der Waals surface area contributed by atoms with Gasteiger partial charge in [-0.05, 0) is 124 Å². The molecule has 12 unspecified atom stereocenters. The third-order valence-electron chi connectivity index (χ3n) is 18.1. The van der Waals surface area contributed by atoms with Gasteiger partial charge in [-0.25, -0.2) is 4.79 Å². The van der Waals surface area contributed by atoms with E-state index in [1.54, 1.807) is 0 Å². The van der Waals surface area contributed by atoms with Gasteiger partial charge in [0, 0.05) is 47.1 Å². The molecule has 0 radical (unpaired) electrons. The maximum Gasteiger partial charge on any atom is 0.335 e. The molecule has 15 nitrogen and oxygen atoms in total. The van der Waals surface area contributed by atoms with Crippen LogP contribution < -0.4 is 15.6 Å². The molecule has 5 aliphatic carbocycles. The number of carboxylic acids is 1. The van der Waals surface area contributed by atoms with Crippen molar-refractivity contribution in [3.8, 4) is 17.2 Å². The summed E-state index contributed by atoms with van der Waals surface area (Å²) in [4.78, 5) is 25.2. The van der Waals surface area contributed by atoms with E-state index in [4.69, 9.17) is 18.9 Å². The molecule has 4 spiro atoms. The summed E-state index contributed by atoms with van der Waals surface area (Å²) in [7, 11) is 0. The van der Waals surface area contributed by atoms with Gasteiger partial charge in [0.2, 0.25) is 6.29 Å². The number of rotatable bonds is 8. The Morgan fingerprint density at radius 2 is 1.81 bits per heavy atom. The standard InChI is InChI=1S/C49H62N2O13/c1-24-35(25(2)54)39(56)36-28(38(24)55)16-26(43(59)60)17-32(36)62-44-40(57)42(58)49(34(20-53)63-44)19-31-37-29(9-10-30(37)47(64-49)13-4-3-5-14-47)46(12-7-15-52)23-61-21-27-18-45-11-6-8-33(45)50-51-48(31,22-45)41(27)46/h9,16-17,27,31,33-34,40-42,44,50-53,55-58H,3-8,10-15,18-23H2,1-2H3,(H,59,60). The van der Waals surface area contributed by atoms with E-state index in [9.17, 15) is 45.3 Å². The number of carboxylic acid groups (broad SMARTS) is 1. The number of phenols is 2. The quantitative estimate of drug-likeness (QED) is 0.130. The lowest BCUT2D eigenvalue weighted by Crippen LogP contribution is -2.81. The summed E-state index contributed by atoms with van der Waals surface area (Å²) in [6.45, 7) is 3.30. The Morgan fingerprint density at radius 1 is 1.02 bits per heavy atom. The largest absolute Gasteiger partial charge is 0.507 e. The number of carbonyl (C=O) groups excluding carboxylic acids is 1. The Kier molecular flexibility index (Phi) is 10.0. The zero-order valence-electron chi connectivity index (χ0n) is 36.7. The van der Waals surface area contributed by atoms with Crippen LogP contribution in [0.4, 0.5) is 0 Å². The number of ether oxygens (including phenoxy) is 4. The van der Waals surface area contributed by atoms with Gasteiger partial charge < -0.3 is 54.7 Å². The molecule has 0 amide bonds. The highest BCUT2D eigenvalue weighted by atomic mass is 16.7. The predicted molar refractivity (Wildman–Crippen MR) is 230 cm³/mol. The third-order valence-corrected chi connectivity index (χ3v) is 18.1. The lowest BCUT2D eigenvalue weighted by molar-refractivity contribution is -0.346. The van der Waals surface area contributed by atoms with Gasteiger partial charge in [-0.15, -0.1) is 0 Å². The van der Waals surface area contributed by atoms with E-state index in [-0.39, 0.29) is 74.8 Å². The number of allylic oxidation sites excluding steroid dienone is 1. The van der Waals surface area contributed by atoms with Crippen LogP contribution in [0, 0.1) is 35.5 Å². The van der Waals surface area contributed by atoms with Crippen molar-refractivity contribution in [1.29, 1.82) is 0 Å². The molecule has 346 valence electrons. The minimum absolute atomic E-state index is 0.0177. The Bertz CT molecular complexity index is 2370. The zero-order valence-corrected chi connectivity index (χ0v) is 36.7. The number of phenolic OH excluding ortho intramolecular Hbond substituents is 2. The van der Waals surface area contributed by atoms with Gasteiger partial charge >= 0.3 is 5.97 Å². The summed E-state index contributed by atoms with van der Waals surface area (Å²) < 4.78 is 27.3. The SMILES string of the molecule is CC(=O)c1c(C)c(O)c2cc(C(=O)O)cc(OC3OC(CO)C4(CC5C6=C(CC=C6C6(CCCO)COCC7CC89CCCC8NNC5(C9)C76)C5(CCCCC5)O4)C(O)C3O)c2c1O. The van der Waals surface area contributed by atoms with Gasteiger partial charge in [0.15, 0.2) is 5.78 Å². The number of benzene rings is 2. The topological polar surface area (TPSA) is 237 Å². The van der Waals surface area contributed by atoms with Crippen molar-refractivity contribution in [1.82, 2.24) is 10.9 Å². The Labute approximate surface area is 371 Å². The number of ketones is 1. The minimum Gasteiger partial charge on any atom is -0.507 e. The fourth-order valence-corrected chi connectivity index (χ4v) is 15.8. The summed E-state index contributed by atoms with van der Waals surface area (Å²) in [6, 6.07) is 2.56. The molecule has 3 saturated heterocycles. The fraction of sp³-hybridized carbons (Fsp3) is 0.673. The third kappa shape index (κ3) is 5.65. The van der Waals surface area contributed by atoms with Crippen LogP contribution in [0.5, 0.6) is 17.2 Å². The van der Waals surface area contributed by atoms with E-state index >= 15 is 0 Å². The molecular formula is C49H62N2O13. The Balaban J connectivity index is 1.06. The first-order chi connectivity index (χ1) is 30.7. The summed E-state index contributed by atoms with van der Waals surface area (Å²) >= 11 is 0. The molecule has 12 atom stereocenters. The van der Waals surface area contributed by atoms with Crippen LogP contribution >= 0.6 is 0 Å². The summed E-state index contributed by atoms with van der Waals surface area (Å²) in [6.07, 6.45) is 7.50. The maximum absolute atomic E-state index is 13.0. The summed E-state index contributed by atoms with van der Waals surface area (Å²) in [5, 5.41) is 80.1. The molecule has 0 aromatic heterocycles. The van der Waals surface area contributed by atoms with Crippen molar-refractivity contribution in [2.75, 3.05) is 26.4 Å². The molecule has 9 N–H and O–H groups in total. The highest BCUT2D eigenvalue weighted by Gasteiger charge is 2.75. The van der Waals surface area contributed by atoms with Crippen molar-refractivity contribution in [3.05, 3.63) is 51.6 Å². The van der Waals surface area contributed by atoms with Gasteiger partial charge in [-0.2, -0.15) is 0 Å². The van der Waals surface area contributed by atoms with Crippen LogP contribution in [-0.2, 0) is 14.2 Å². The predicted octanol–water partition coefficient (Wildman–Crippen LogP) is 4.60. The van der Waals surface area contributed by atoms with Gasteiger partial charge in [0.1, 0.15) is 41.2 Å². The number of hydrogen-bond acceptors (Lipinski definition) is 14. The zero-order chi connectivity index (χ0) is 44.7. The number of aromatic hydroxyl groups is 2. The lowest BCUT2D eigenvalue weighted by atomic mass is 9.39. The number of aliphatic hydroxyl groups excluding tert-OH is 4. The number of hydrazine groups is 1. The number of nitrogens with one attached hydrogen (secondary N) is 2. The highest BCUT2D eigenvalue weighted by molar-refractivity contribution is 6.11. The number of Topliss-reactive ketones (excluding diaryl/α,β-unsaturated/α-hetero) is 1. The van der Waals surface area contributed by atoms with E-state index in [1.165, 1.54) is 30.6 Å². The number of fused-ring (bicyclic) bond motifs is 3. The van der Waals surface area contributed by atoms with Crippen molar-refractivity contribution in [2.45, 2.75) is 151 Å². The lowest BCUT2D eigenvalue weighted by Gasteiger charge is -2.72. The van der Waals surface area contributed by atoms with Crippen LogP contribution in [0.1, 0.15) is 123 Å². The van der Waals surface area contributed by atoms with E-state index in [0.29, 0.717) is 44.9 Å².